The summed E-state index contributed by atoms with van der Waals surface area (Å²) in [5, 5.41) is 1.64. The Labute approximate surface area is 202 Å². The second-order valence-corrected chi connectivity index (χ2v) is 9.53. The van der Waals surface area contributed by atoms with Crippen LogP contribution in [0.5, 0.6) is 5.75 Å². The Morgan fingerprint density at radius 3 is 2.82 bits per heavy atom. The van der Waals surface area contributed by atoms with Gasteiger partial charge in [0.1, 0.15) is 11.4 Å². The molecule has 0 radical (unpaired) electrons. The molecule has 3 aromatic heterocycles. The second kappa shape index (κ2) is 8.76. The van der Waals surface area contributed by atoms with Gasteiger partial charge in [0.25, 0.3) is 5.91 Å². The molecule has 1 atom stereocenters. The van der Waals surface area contributed by atoms with E-state index < -0.39 is 6.10 Å². The Bertz CT molecular complexity index is 1360. The third-order valence-corrected chi connectivity index (χ3v) is 6.95. The van der Waals surface area contributed by atoms with Crippen LogP contribution in [0.25, 0.3) is 22.2 Å². The van der Waals surface area contributed by atoms with Crippen molar-refractivity contribution in [3.05, 3.63) is 76.8 Å². The molecule has 0 saturated carbocycles. The van der Waals surface area contributed by atoms with E-state index in [1.807, 2.05) is 35.4 Å². The van der Waals surface area contributed by atoms with Crippen LogP contribution >= 0.6 is 11.6 Å². The van der Waals surface area contributed by atoms with Crippen molar-refractivity contribution in [2.75, 3.05) is 13.1 Å². The van der Waals surface area contributed by atoms with Gasteiger partial charge in [0.2, 0.25) is 0 Å². The van der Waals surface area contributed by atoms with Gasteiger partial charge in [-0.15, -0.1) is 0 Å². The Hall–Kier alpha value is -3.38. The lowest BCUT2D eigenvalue weighted by atomic mass is 9.98. The maximum atomic E-state index is 13.1. The second-order valence-electron chi connectivity index (χ2n) is 9.09. The average Bonchev–Trinajstić information content (AvgIpc) is 3.48. The molecule has 0 bridgehead atoms. The summed E-state index contributed by atoms with van der Waals surface area (Å²) >= 11 is 6.54. The lowest BCUT2D eigenvalue weighted by Crippen LogP contribution is -2.43. The summed E-state index contributed by atoms with van der Waals surface area (Å²) in [5.74, 6) is 0.834. The highest BCUT2D eigenvalue weighted by atomic mass is 35.5. The van der Waals surface area contributed by atoms with Crippen LogP contribution in [0.1, 0.15) is 36.1 Å². The smallest absolute Gasteiger partial charge is 0.263 e. The van der Waals surface area contributed by atoms with E-state index in [4.69, 9.17) is 16.3 Å². The van der Waals surface area contributed by atoms with E-state index in [1.165, 1.54) is 6.42 Å². The van der Waals surface area contributed by atoms with Crippen molar-refractivity contribution in [2.45, 2.75) is 38.2 Å². The van der Waals surface area contributed by atoms with Crippen LogP contribution in [0.3, 0.4) is 0 Å². The lowest BCUT2D eigenvalue weighted by molar-refractivity contribution is -0.138. The zero-order chi connectivity index (χ0) is 23.1. The number of rotatable bonds is 4. The van der Waals surface area contributed by atoms with E-state index in [2.05, 4.69) is 27.1 Å². The molecule has 1 N–H and O–H groups in total. The first-order valence-electron chi connectivity index (χ1n) is 11.8. The van der Waals surface area contributed by atoms with Crippen molar-refractivity contribution in [1.29, 1.82) is 0 Å². The van der Waals surface area contributed by atoms with Gasteiger partial charge in [0.15, 0.2) is 6.10 Å². The molecule has 1 fully saturated rings. The molecule has 5 heterocycles. The van der Waals surface area contributed by atoms with E-state index in [-0.39, 0.29) is 5.91 Å². The van der Waals surface area contributed by atoms with Gasteiger partial charge in [0, 0.05) is 71.8 Å². The van der Waals surface area contributed by atoms with Crippen LogP contribution in [-0.4, -0.2) is 45.0 Å². The summed E-state index contributed by atoms with van der Waals surface area (Å²) in [6, 6.07) is 12.0. The number of pyridine rings is 2. The van der Waals surface area contributed by atoms with Crippen LogP contribution in [0.4, 0.5) is 0 Å². The molecule has 34 heavy (non-hydrogen) atoms. The molecule has 1 unspecified atom stereocenters. The fourth-order valence-electron chi connectivity index (χ4n) is 5.11. The number of nitrogens with zero attached hydrogens (tertiary/aromatic N) is 3. The van der Waals surface area contributed by atoms with E-state index in [0.717, 1.165) is 77.1 Å². The topological polar surface area (TPSA) is 71.1 Å². The zero-order valence-corrected chi connectivity index (χ0v) is 19.5. The minimum atomic E-state index is -0.491. The molecule has 2 aliphatic heterocycles. The first-order valence-corrected chi connectivity index (χ1v) is 12.2. The van der Waals surface area contributed by atoms with E-state index in [1.54, 1.807) is 12.4 Å². The number of benzene rings is 1. The highest BCUT2D eigenvalue weighted by molar-refractivity contribution is 6.31. The first-order chi connectivity index (χ1) is 16.7. The molecule has 7 heteroatoms. The highest BCUT2D eigenvalue weighted by Crippen LogP contribution is 2.43. The molecular weight excluding hydrogens is 448 g/mol. The Balaban J connectivity index is 1.35. The lowest BCUT2D eigenvalue weighted by Gasteiger charge is -2.28. The number of carbonyl (C=O) groups excluding carboxylic acids is 1. The van der Waals surface area contributed by atoms with Gasteiger partial charge < -0.3 is 14.6 Å². The average molecular weight is 473 g/mol. The molecule has 0 aliphatic carbocycles. The van der Waals surface area contributed by atoms with E-state index in [0.29, 0.717) is 11.4 Å². The van der Waals surface area contributed by atoms with E-state index >= 15 is 0 Å². The van der Waals surface area contributed by atoms with Crippen molar-refractivity contribution in [2.24, 2.45) is 0 Å². The van der Waals surface area contributed by atoms with E-state index in [9.17, 15) is 4.79 Å². The predicted molar refractivity (Wildman–Crippen MR) is 132 cm³/mol. The Morgan fingerprint density at radius 1 is 1.12 bits per heavy atom. The van der Waals surface area contributed by atoms with Crippen molar-refractivity contribution >= 4 is 28.5 Å². The molecule has 0 spiro atoms. The van der Waals surface area contributed by atoms with Gasteiger partial charge >= 0.3 is 0 Å². The minimum absolute atomic E-state index is 0.0817. The minimum Gasteiger partial charge on any atom is -0.479 e. The monoisotopic (exact) mass is 472 g/mol. The van der Waals surface area contributed by atoms with Crippen molar-refractivity contribution in [3.63, 3.8) is 0 Å². The first kappa shape index (κ1) is 21.2. The number of nitrogens with one attached hydrogen (secondary N) is 1. The predicted octanol–water partition coefficient (Wildman–Crippen LogP) is 5.19. The number of hydrogen-bond acceptors (Lipinski definition) is 4. The van der Waals surface area contributed by atoms with Gasteiger partial charge in [-0.2, -0.15) is 0 Å². The molecular formula is C27H25ClN4O2. The maximum Gasteiger partial charge on any atom is 0.263 e. The molecule has 1 amide bonds. The van der Waals surface area contributed by atoms with Crippen molar-refractivity contribution < 1.29 is 9.53 Å². The number of halogens is 1. The molecule has 6 rings (SSSR count). The van der Waals surface area contributed by atoms with Gasteiger partial charge in [0.05, 0.1) is 0 Å². The quantitative estimate of drug-likeness (QED) is 0.444. The Morgan fingerprint density at radius 2 is 2.00 bits per heavy atom. The number of likely N-dealkylation sites (tertiary alicyclic amines) is 1. The van der Waals surface area contributed by atoms with Gasteiger partial charge in [-0.3, -0.25) is 9.78 Å². The molecule has 2 aliphatic rings. The molecule has 1 aromatic carbocycles. The van der Waals surface area contributed by atoms with Crippen LogP contribution in [0.15, 0.2) is 55.0 Å². The number of amides is 1. The summed E-state index contributed by atoms with van der Waals surface area (Å²) in [7, 11) is 0. The van der Waals surface area contributed by atoms with Crippen molar-refractivity contribution in [1.82, 2.24) is 19.9 Å². The van der Waals surface area contributed by atoms with Crippen LogP contribution in [0, 0.1) is 0 Å². The summed E-state index contributed by atoms with van der Waals surface area (Å²) in [6.07, 6.45) is 9.54. The molecule has 1 saturated heterocycles. The number of aromatic nitrogens is 3. The summed E-state index contributed by atoms with van der Waals surface area (Å²) in [6.45, 7) is 1.63. The van der Waals surface area contributed by atoms with Crippen LogP contribution < -0.4 is 4.74 Å². The van der Waals surface area contributed by atoms with Gasteiger partial charge in [-0.05, 0) is 60.7 Å². The molecule has 4 aromatic rings. The number of aromatic amines is 1. The normalized spacial score (nSPS) is 17.6. The van der Waals surface area contributed by atoms with Gasteiger partial charge in [-0.25, -0.2) is 4.98 Å². The molecule has 6 nitrogen and oxygen atoms in total. The summed E-state index contributed by atoms with van der Waals surface area (Å²) < 4.78 is 6.33. The fourth-order valence-corrected chi connectivity index (χ4v) is 5.36. The van der Waals surface area contributed by atoms with Crippen molar-refractivity contribution in [3.8, 4) is 16.9 Å². The van der Waals surface area contributed by atoms with Gasteiger partial charge in [-0.1, -0.05) is 17.7 Å². The number of fused-ring (bicyclic) bond motifs is 2. The number of ether oxygens (including phenoxy) is 1. The fraction of sp³-hybridized carbons (Fsp3) is 0.296. The third kappa shape index (κ3) is 3.92. The van der Waals surface area contributed by atoms with Crippen LogP contribution in [-0.2, 0) is 17.6 Å². The third-order valence-electron chi connectivity index (χ3n) is 6.73. The SMILES string of the molecule is O=C(C1Cc2cc(Cl)cc(-c3ccnc4[nH]c(Cc5cccnc5)cc34)c2O1)N1CCCCC1. The number of piperidine rings is 1. The number of hydrogen-bond donors (Lipinski definition) is 1. The maximum absolute atomic E-state index is 13.1. The number of H-pyrrole nitrogens is 1. The highest BCUT2D eigenvalue weighted by Gasteiger charge is 2.35. The summed E-state index contributed by atoms with van der Waals surface area (Å²) in [4.78, 5) is 27.3. The Kier molecular flexibility index (Phi) is 5.46. The number of carbonyl (C=O) groups is 1. The van der Waals surface area contributed by atoms with Crippen LogP contribution in [0.2, 0.25) is 5.02 Å². The summed E-state index contributed by atoms with van der Waals surface area (Å²) in [5.41, 5.74) is 5.86. The largest absolute Gasteiger partial charge is 0.479 e. The standard InChI is InChI=1S/C27H25ClN4O2/c28-19-12-18-13-24(27(33)32-9-2-1-3-10-32)34-25(18)22(14-19)21-6-8-30-26-23(21)15-20(31-26)11-17-5-4-7-29-16-17/h4-8,12,14-16,24H,1-3,9-11,13H2,(H,30,31). The molecule has 172 valence electrons. The zero-order valence-electron chi connectivity index (χ0n) is 18.8.